The molecule has 1 N–H and O–H groups in total. The van der Waals surface area contributed by atoms with Crippen molar-refractivity contribution < 1.29 is 9.59 Å². The first-order valence-electron chi connectivity index (χ1n) is 10.6. The Kier molecular flexibility index (Phi) is 8.36. The van der Waals surface area contributed by atoms with E-state index >= 15 is 0 Å². The second kappa shape index (κ2) is 10.7. The quantitative estimate of drug-likeness (QED) is 0.839. The van der Waals surface area contributed by atoms with Crippen molar-refractivity contribution in [1.82, 2.24) is 20.1 Å². The van der Waals surface area contributed by atoms with Crippen LogP contribution >= 0.6 is 0 Å². The monoisotopic (exact) mass is 399 g/mol. The average molecular weight is 400 g/mol. The Morgan fingerprint density at radius 3 is 2.62 bits per heavy atom. The summed E-state index contributed by atoms with van der Waals surface area (Å²) < 4.78 is 0. The van der Waals surface area contributed by atoms with E-state index in [4.69, 9.17) is 0 Å². The smallest absolute Gasteiger partial charge is 0.230 e. The summed E-state index contributed by atoms with van der Waals surface area (Å²) in [5.41, 5.74) is 3.52. The van der Waals surface area contributed by atoms with Crippen molar-refractivity contribution in [3.63, 3.8) is 0 Å². The topological polar surface area (TPSA) is 82.2 Å². The molecule has 4 heterocycles. The second-order valence-corrected chi connectivity index (χ2v) is 7.17. The third-order valence-electron chi connectivity index (χ3n) is 4.94. The number of hydrogen-bond acceptors (Lipinski definition) is 4. The SMILES string of the molecule is CC.CC(C)C(=O)N1CCc2cccnc21.CCC(=O)N1CCc2[nH]ncc2C1. The molecule has 29 heavy (non-hydrogen) atoms. The molecular formula is C22H33N5O2. The van der Waals surface area contributed by atoms with E-state index in [0.717, 1.165) is 43.9 Å². The van der Waals surface area contributed by atoms with Crippen LogP contribution in [0.4, 0.5) is 5.82 Å². The van der Waals surface area contributed by atoms with Crippen LogP contribution in [0.1, 0.15) is 57.9 Å². The molecule has 0 bridgehead atoms. The molecule has 2 aromatic rings. The molecule has 158 valence electrons. The zero-order chi connectivity index (χ0) is 21.4. The number of nitrogens with one attached hydrogen (secondary N) is 1. The van der Waals surface area contributed by atoms with E-state index in [2.05, 4.69) is 15.2 Å². The lowest BCUT2D eigenvalue weighted by Crippen LogP contribution is -2.35. The summed E-state index contributed by atoms with van der Waals surface area (Å²) in [4.78, 5) is 31.1. The molecule has 0 saturated heterocycles. The van der Waals surface area contributed by atoms with Crippen LogP contribution in [0, 0.1) is 5.92 Å². The summed E-state index contributed by atoms with van der Waals surface area (Å²) in [5.74, 6) is 1.29. The third kappa shape index (κ3) is 5.43. The van der Waals surface area contributed by atoms with E-state index in [1.807, 2.05) is 57.8 Å². The van der Waals surface area contributed by atoms with Crippen molar-refractivity contribution in [3.05, 3.63) is 41.3 Å². The van der Waals surface area contributed by atoms with Gasteiger partial charge < -0.3 is 4.90 Å². The van der Waals surface area contributed by atoms with Gasteiger partial charge in [0.15, 0.2) is 0 Å². The maximum absolute atomic E-state index is 11.8. The molecule has 0 fully saturated rings. The van der Waals surface area contributed by atoms with Crippen molar-refractivity contribution in [1.29, 1.82) is 0 Å². The zero-order valence-corrected chi connectivity index (χ0v) is 18.2. The minimum Gasteiger partial charge on any atom is -0.338 e. The first kappa shape index (κ1) is 22.6. The number of hydrogen-bond donors (Lipinski definition) is 1. The maximum Gasteiger partial charge on any atom is 0.230 e. The van der Waals surface area contributed by atoms with Gasteiger partial charge in [-0.1, -0.05) is 40.7 Å². The molecule has 4 rings (SSSR count). The van der Waals surface area contributed by atoms with Gasteiger partial charge in [-0.2, -0.15) is 5.10 Å². The minimum atomic E-state index is 0.0444. The first-order chi connectivity index (χ1) is 14.0. The predicted octanol–water partition coefficient (Wildman–Crippen LogP) is 3.36. The molecule has 0 unspecified atom stereocenters. The highest BCUT2D eigenvalue weighted by Gasteiger charge is 2.26. The lowest BCUT2D eigenvalue weighted by Gasteiger charge is -2.26. The fraction of sp³-hybridized carbons (Fsp3) is 0.545. The summed E-state index contributed by atoms with van der Waals surface area (Å²) in [6.45, 7) is 12.1. The molecule has 2 amide bonds. The van der Waals surface area contributed by atoms with E-state index in [-0.39, 0.29) is 17.7 Å². The Bertz CT molecular complexity index is 815. The lowest BCUT2D eigenvalue weighted by molar-refractivity contribution is -0.131. The molecule has 0 aliphatic carbocycles. The molecule has 2 aliphatic rings. The minimum absolute atomic E-state index is 0.0444. The number of amides is 2. The van der Waals surface area contributed by atoms with Crippen molar-refractivity contribution in [2.24, 2.45) is 5.92 Å². The van der Waals surface area contributed by atoms with Crippen molar-refractivity contribution in [2.45, 2.75) is 60.4 Å². The Labute approximate surface area is 173 Å². The van der Waals surface area contributed by atoms with Gasteiger partial charge in [0.25, 0.3) is 0 Å². The molecule has 0 atom stereocenters. The lowest BCUT2D eigenvalue weighted by atomic mass is 10.1. The zero-order valence-electron chi connectivity index (χ0n) is 18.2. The summed E-state index contributed by atoms with van der Waals surface area (Å²) >= 11 is 0. The fourth-order valence-corrected chi connectivity index (χ4v) is 3.39. The van der Waals surface area contributed by atoms with Crippen LogP contribution < -0.4 is 4.90 Å². The highest BCUT2D eigenvalue weighted by atomic mass is 16.2. The number of aromatic amines is 1. The molecule has 7 heteroatoms. The van der Waals surface area contributed by atoms with Gasteiger partial charge in [0, 0.05) is 55.8 Å². The van der Waals surface area contributed by atoms with Gasteiger partial charge in [0.05, 0.1) is 6.20 Å². The fourth-order valence-electron chi connectivity index (χ4n) is 3.39. The van der Waals surface area contributed by atoms with Crippen LogP contribution in [0.3, 0.4) is 0 Å². The van der Waals surface area contributed by atoms with Gasteiger partial charge in [-0.15, -0.1) is 0 Å². The molecule has 7 nitrogen and oxygen atoms in total. The van der Waals surface area contributed by atoms with Crippen LogP contribution in [-0.4, -0.2) is 45.0 Å². The van der Waals surface area contributed by atoms with Gasteiger partial charge in [0.1, 0.15) is 5.82 Å². The van der Waals surface area contributed by atoms with E-state index in [9.17, 15) is 9.59 Å². The number of nitrogens with zero attached hydrogens (tertiary/aromatic N) is 4. The Morgan fingerprint density at radius 2 is 1.93 bits per heavy atom. The number of fused-ring (bicyclic) bond motifs is 2. The number of pyridine rings is 1. The number of carbonyl (C=O) groups is 2. The number of H-pyrrole nitrogens is 1. The average Bonchev–Trinajstić information content (AvgIpc) is 3.40. The Morgan fingerprint density at radius 1 is 1.17 bits per heavy atom. The summed E-state index contributed by atoms with van der Waals surface area (Å²) in [5, 5.41) is 6.91. The number of rotatable bonds is 2. The highest BCUT2D eigenvalue weighted by molar-refractivity contribution is 5.95. The van der Waals surface area contributed by atoms with Gasteiger partial charge in [-0.25, -0.2) is 4.98 Å². The molecule has 2 aliphatic heterocycles. The number of carbonyl (C=O) groups excluding carboxylic acids is 2. The van der Waals surface area contributed by atoms with Crippen molar-refractivity contribution >= 4 is 17.6 Å². The Balaban J connectivity index is 0.000000191. The van der Waals surface area contributed by atoms with Crippen LogP contribution in [-0.2, 0) is 29.0 Å². The van der Waals surface area contributed by atoms with Gasteiger partial charge in [0.2, 0.25) is 11.8 Å². The molecule has 0 aromatic carbocycles. The third-order valence-corrected chi connectivity index (χ3v) is 4.94. The summed E-state index contributed by atoms with van der Waals surface area (Å²) in [6, 6.07) is 3.96. The molecule has 0 saturated carbocycles. The molecule has 0 spiro atoms. The highest BCUT2D eigenvalue weighted by Crippen LogP contribution is 2.25. The molecule has 2 aromatic heterocycles. The van der Waals surface area contributed by atoms with E-state index in [1.165, 1.54) is 11.3 Å². The largest absolute Gasteiger partial charge is 0.338 e. The van der Waals surface area contributed by atoms with Crippen LogP contribution in [0.5, 0.6) is 0 Å². The van der Waals surface area contributed by atoms with Crippen LogP contribution in [0.15, 0.2) is 24.5 Å². The second-order valence-electron chi connectivity index (χ2n) is 7.17. The van der Waals surface area contributed by atoms with E-state index in [1.54, 1.807) is 11.1 Å². The van der Waals surface area contributed by atoms with Crippen molar-refractivity contribution in [3.8, 4) is 0 Å². The summed E-state index contributed by atoms with van der Waals surface area (Å²) in [7, 11) is 0. The summed E-state index contributed by atoms with van der Waals surface area (Å²) in [6.07, 6.45) is 5.98. The number of anilines is 1. The van der Waals surface area contributed by atoms with Crippen LogP contribution in [0.25, 0.3) is 0 Å². The van der Waals surface area contributed by atoms with Gasteiger partial charge in [-0.3, -0.25) is 19.6 Å². The maximum atomic E-state index is 11.8. The molecule has 0 radical (unpaired) electrons. The van der Waals surface area contributed by atoms with Gasteiger partial charge in [-0.05, 0) is 18.1 Å². The number of aromatic nitrogens is 3. The first-order valence-corrected chi connectivity index (χ1v) is 10.6. The Hall–Kier alpha value is -2.70. The molecular weight excluding hydrogens is 366 g/mol. The standard InChI is InChI=1S/C11H14N2O.C9H13N3O.C2H6/c1-8(2)11(14)13-7-5-9-4-3-6-12-10(9)13;1-2-9(13)12-4-3-8-7(6-12)5-10-11-8;1-2/h3-4,6,8H,5,7H2,1-2H3;5H,2-4,6H2,1H3,(H,10,11);1-2H3. The predicted molar refractivity (Wildman–Crippen MR) is 114 cm³/mol. The van der Waals surface area contributed by atoms with E-state index < -0.39 is 0 Å². The van der Waals surface area contributed by atoms with E-state index in [0.29, 0.717) is 6.42 Å². The van der Waals surface area contributed by atoms with Crippen molar-refractivity contribution in [2.75, 3.05) is 18.0 Å². The van der Waals surface area contributed by atoms with Crippen LogP contribution in [0.2, 0.25) is 0 Å². The van der Waals surface area contributed by atoms with Gasteiger partial charge >= 0.3 is 0 Å². The normalized spacial score (nSPS) is 14.3.